The molecule has 142 valence electrons. The number of benzene rings is 1. The van der Waals surface area contributed by atoms with Gasteiger partial charge in [0.2, 0.25) is 5.91 Å². The summed E-state index contributed by atoms with van der Waals surface area (Å²) in [5, 5.41) is 6.76. The van der Waals surface area contributed by atoms with Gasteiger partial charge in [-0.2, -0.15) is 0 Å². The van der Waals surface area contributed by atoms with Crippen LogP contribution >= 0.6 is 0 Å². The summed E-state index contributed by atoms with van der Waals surface area (Å²) in [5.41, 5.74) is 4.89. The van der Waals surface area contributed by atoms with Crippen molar-refractivity contribution in [2.45, 2.75) is 44.7 Å². The number of carbonyl (C=O) groups excluding carboxylic acids is 1. The molecule has 0 bridgehead atoms. The van der Waals surface area contributed by atoms with Crippen molar-refractivity contribution in [3.63, 3.8) is 0 Å². The van der Waals surface area contributed by atoms with E-state index in [4.69, 9.17) is 0 Å². The molecule has 28 heavy (non-hydrogen) atoms. The third-order valence-electron chi connectivity index (χ3n) is 5.77. The first-order valence-electron chi connectivity index (χ1n) is 9.88. The molecule has 1 aliphatic carbocycles. The molecule has 2 aromatic heterocycles. The molecular weight excluding hydrogens is 350 g/mol. The quantitative estimate of drug-likeness (QED) is 0.724. The third kappa shape index (κ3) is 2.95. The number of hydrogen-bond donors (Lipinski definition) is 2. The fourth-order valence-corrected chi connectivity index (χ4v) is 4.41. The van der Waals surface area contributed by atoms with E-state index in [-0.39, 0.29) is 11.9 Å². The van der Waals surface area contributed by atoms with E-state index in [2.05, 4.69) is 49.4 Å². The lowest BCUT2D eigenvalue weighted by molar-refractivity contribution is -0.117. The predicted octanol–water partition coefficient (Wildman–Crippen LogP) is 3.10. The molecule has 5 rings (SSSR count). The zero-order valence-electron chi connectivity index (χ0n) is 15.9. The molecule has 1 aliphatic heterocycles. The predicted molar refractivity (Wildman–Crippen MR) is 109 cm³/mol. The van der Waals surface area contributed by atoms with Crippen molar-refractivity contribution in [3.8, 4) is 5.69 Å². The van der Waals surface area contributed by atoms with Gasteiger partial charge in [0, 0.05) is 35.7 Å². The van der Waals surface area contributed by atoms with Gasteiger partial charge >= 0.3 is 0 Å². The van der Waals surface area contributed by atoms with Crippen LogP contribution < -0.4 is 10.6 Å². The minimum Gasteiger partial charge on any atom is -0.380 e. The Hall–Kier alpha value is -3.15. The summed E-state index contributed by atoms with van der Waals surface area (Å²) < 4.78 is 2.12. The molecular formula is C22H23N5O. The van der Waals surface area contributed by atoms with E-state index in [0.29, 0.717) is 6.04 Å². The molecule has 3 heterocycles. The lowest BCUT2D eigenvalue weighted by Crippen LogP contribution is -2.48. The number of fused-ring (bicyclic) bond motifs is 2. The number of nitrogens with zero attached hydrogens (tertiary/aromatic N) is 3. The van der Waals surface area contributed by atoms with Crippen LogP contribution in [0.15, 0.2) is 48.8 Å². The van der Waals surface area contributed by atoms with Gasteiger partial charge in [0.15, 0.2) is 0 Å². The maximum atomic E-state index is 12.3. The monoisotopic (exact) mass is 373 g/mol. The van der Waals surface area contributed by atoms with Gasteiger partial charge < -0.3 is 10.6 Å². The lowest BCUT2D eigenvalue weighted by atomic mass is 9.90. The fourth-order valence-electron chi connectivity index (χ4n) is 4.41. The number of aromatic nitrogens is 3. The number of aryl methyl sites for hydroxylation is 1. The van der Waals surface area contributed by atoms with Crippen molar-refractivity contribution < 1.29 is 4.79 Å². The van der Waals surface area contributed by atoms with Crippen LogP contribution in [0.4, 0.5) is 0 Å². The minimum atomic E-state index is -0.00933. The Kier molecular flexibility index (Phi) is 4.11. The lowest BCUT2D eigenvalue weighted by Gasteiger charge is -2.31. The van der Waals surface area contributed by atoms with E-state index in [9.17, 15) is 4.79 Å². The molecule has 1 aromatic carbocycles. The van der Waals surface area contributed by atoms with E-state index >= 15 is 0 Å². The highest BCUT2D eigenvalue weighted by Crippen LogP contribution is 2.26. The number of rotatable bonds is 2. The topological polar surface area (TPSA) is 71.8 Å². The van der Waals surface area contributed by atoms with Crippen LogP contribution in [0.2, 0.25) is 0 Å². The molecule has 2 aliphatic rings. The zero-order valence-corrected chi connectivity index (χ0v) is 15.9. The van der Waals surface area contributed by atoms with Gasteiger partial charge in [-0.25, -0.2) is 4.98 Å². The molecule has 3 aromatic rings. The summed E-state index contributed by atoms with van der Waals surface area (Å²) in [6.45, 7) is 2.00. The van der Waals surface area contributed by atoms with Gasteiger partial charge in [0.1, 0.15) is 11.3 Å². The summed E-state index contributed by atoms with van der Waals surface area (Å²) in [7, 11) is 0. The van der Waals surface area contributed by atoms with Crippen LogP contribution in [-0.2, 0) is 4.79 Å². The van der Waals surface area contributed by atoms with Gasteiger partial charge in [-0.15, -0.1) is 0 Å². The summed E-state index contributed by atoms with van der Waals surface area (Å²) in [6, 6.07) is 10.8. The first-order chi connectivity index (χ1) is 13.7. The van der Waals surface area contributed by atoms with Crippen molar-refractivity contribution in [3.05, 3.63) is 60.2 Å². The molecule has 0 saturated heterocycles. The van der Waals surface area contributed by atoms with Gasteiger partial charge in [0.25, 0.3) is 0 Å². The van der Waals surface area contributed by atoms with Crippen molar-refractivity contribution in [1.29, 1.82) is 0 Å². The van der Waals surface area contributed by atoms with Gasteiger partial charge in [-0.05, 0) is 43.5 Å². The number of pyridine rings is 1. The summed E-state index contributed by atoms with van der Waals surface area (Å²) >= 11 is 0. The average Bonchev–Trinajstić information content (AvgIpc) is 2.94. The van der Waals surface area contributed by atoms with E-state index < -0.39 is 0 Å². The molecule has 0 radical (unpaired) electrons. The molecule has 6 heteroatoms. The fraction of sp³-hybridized carbons (Fsp3) is 0.318. The maximum absolute atomic E-state index is 12.3. The highest BCUT2D eigenvalue weighted by molar-refractivity contribution is 5.95. The van der Waals surface area contributed by atoms with E-state index in [1.54, 1.807) is 18.5 Å². The van der Waals surface area contributed by atoms with Gasteiger partial charge in [-0.1, -0.05) is 25.0 Å². The number of hydrogen-bond acceptors (Lipinski definition) is 4. The highest BCUT2D eigenvalue weighted by atomic mass is 16.1. The second kappa shape index (κ2) is 6.78. The van der Waals surface area contributed by atoms with E-state index in [1.807, 2.05) is 13.0 Å². The second-order valence-electron chi connectivity index (χ2n) is 7.61. The summed E-state index contributed by atoms with van der Waals surface area (Å²) in [6.07, 6.45) is 9.79. The van der Waals surface area contributed by atoms with Crippen molar-refractivity contribution in [2.24, 2.45) is 0 Å². The molecule has 0 unspecified atom stereocenters. The van der Waals surface area contributed by atoms with Gasteiger partial charge in [0.05, 0.1) is 11.7 Å². The normalized spacial score (nSPS) is 22.0. The first kappa shape index (κ1) is 17.0. The summed E-state index contributed by atoms with van der Waals surface area (Å²) in [4.78, 5) is 21.1. The van der Waals surface area contributed by atoms with Crippen LogP contribution in [0, 0.1) is 6.92 Å². The number of nitrogens with one attached hydrogen (secondary N) is 2. The van der Waals surface area contributed by atoms with Crippen LogP contribution in [0.3, 0.4) is 0 Å². The van der Waals surface area contributed by atoms with Crippen molar-refractivity contribution >= 4 is 22.6 Å². The SMILES string of the molecule is Cc1nc2cnccc2n1-c1ccc(C2=CC(=O)N[C@@H]3CCCC[C@H]3N2)cc1. The van der Waals surface area contributed by atoms with Crippen LogP contribution in [0.1, 0.15) is 37.1 Å². The first-order valence-corrected chi connectivity index (χ1v) is 9.88. The molecule has 1 fully saturated rings. The molecule has 2 atom stereocenters. The zero-order chi connectivity index (χ0) is 19.1. The molecule has 0 spiro atoms. The Balaban J connectivity index is 1.48. The Labute approximate surface area is 163 Å². The van der Waals surface area contributed by atoms with Crippen molar-refractivity contribution in [2.75, 3.05) is 0 Å². The van der Waals surface area contributed by atoms with Crippen LogP contribution in [-0.4, -0.2) is 32.5 Å². The van der Waals surface area contributed by atoms with Crippen LogP contribution in [0.25, 0.3) is 22.4 Å². The molecule has 1 saturated carbocycles. The second-order valence-corrected chi connectivity index (χ2v) is 7.61. The van der Waals surface area contributed by atoms with Gasteiger partial charge in [-0.3, -0.25) is 14.3 Å². The molecule has 2 N–H and O–H groups in total. The van der Waals surface area contributed by atoms with E-state index in [1.165, 1.54) is 12.8 Å². The summed E-state index contributed by atoms with van der Waals surface area (Å²) in [5.74, 6) is 0.914. The molecule has 6 nitrogen and oxygen atoms in total. The Morgan fingerprint density at radius 3 is 2.57 bits per heavy atom. The average molecular weight is 373 g/mol. The van der Waals surface area contributed by atoms with E-state index in [0.717, 1.165) is 46.6 Å². The maximum Gasteiger partial charge on any atom is 0.246 e. The number of carbonyl (C=O) groups is 1. The standard InChI is InChI=1S/C22H23N5O/c1-14-24-20-13-23-11-10-21(20)27(14)16-8-6-15(7-9-16)19-12-22(28)26-18-5-3-2-4-17(18)25-19/h6-13,17-18,25H,2-5H2,1H3,(H,26,28)/t17-,18-/m1/s1. The largest absolute Gasteiger partial charge is 0.380 e. The van der Waals surface area contributed by atoms with Crippen molar-refractivity contribution in [1.82, 2.24) is 25.2 Å². The third-order valence-corrected chi connectivity index (χ3v) is 5.77. The minimum absolute atomic E-state index is 0.00933. The Bertz CT molecular complexity index is 1070. The number of amides is 1. The number of imidazole rings is 1. The highest BCUT2D eigenvalue weighted by Gasteiger charge is 2.29. The Morgan fingerprint density at radius 1 is 1.04 bits per heavy atom. The van der Waals surface area contributed by atoms with Crippen LogP contribution in [0.5, 0.6) is 0 Å². The smallest absolute Gasteiger partial charge is 0.246 e. The Morgan fingerprint density at radius 2 is 1.79 bits per heavy atom. The molecule has 1 amide bonds.